The molecular weight excluding hydrogens is 232 g/mol. The Labute approximate surface area is 108 Å². The van der Waals surface area contributed by atoms with E-state index in [0.717, 1.165) is 22.0 Å². The quantitative estimate of drug-likeness (QED) is 0.752. The van der Waals surface area contributed by atoms with Crippen molar-refractivity contribution in [1.29, 1.82) is 0 Å². The highest BCUT2D eigenvalue weighted by Gasteiger charge is 1.98. The van der Waals surface area contributed by atoms with E-state index in [1.54, 1.807) is 18.9 Å². The van der Waals surface area contributed by atoms with Crippen LogP contribution in [0.4, 0.5) is 0 Å². The van der Waals surface area contributed by atoms with Gasteiger partial charge in [0.2, 0.25) is 0 Å². The predicted octanol–water partition coefficient (Wildman–Crippen LogP) is 3.56. The maximum absolute atomic E-state index is 9.27. The molecule has 1 rings (SSSR count). The van der Waals surface area contributed by atoms with Crippen molar-refractivity contribution < 1.29 is 9.84 Å². The molecule has 0 unspecified atom stereocenters. The lowest BCUT2D eigenvalue weighted by molar-refractivity contribution is 0.340. The summed E-state index contributed by atoms with van der Waals surface area (Å²) in [5.74, 6) is 1.92. The van der Waals surface area contributed by atoms with Crippen molar-refractivity contribution >= 4 is 17.8 Å². The Morgan fingerprint density at radius 3 is 2.59 bits per heavy atom. The number of hydrogen-bond acceptors (Lipinski definition) is 3. The molecule has 2 nitrogen and oxygen atoms in total. The summed E-state index contributed by atoms with van der Waals surface area (Å²) < 4.78 is 5.10. The minimum absolute atomic E-state index is 0.112. The van der Waals surface area contributed by atoms with Crippen LogP contribution in [0.25, 0.3) is 6.08 Å². The van der Waals surface area contributed by atoms with Crippen molar-refractivity contribution in [2.24, 2.45) is 0 Å². The minimum Gasteiger partial charge on any atom is -0.497 e. The Morgan fingerprint density at radius 2 is 2.06 bits per heavy atom. The molecule has 0 heterocycles. The molecule has 0 atom stereocenters. The fraction of sp³-hybridized carbons (Fsp3) is 0.429. The molecule has 0 fully saturated rings. The van der Waals surface area contributed by atoms with Gasteiger partial charge in [0, 0.05) is 4.91 Å². The second-order valence-electron chi connectivity index (χ2n) is 3.74. The molecule has 0 saturated heterocycles. The van der Waals surface area contributed by atoms with Gasteiger partial charge in [-0.15, -0.1) is 11.8 Å². The van der Waals surface area contributed by atoms with Gasteiger partial charge in [-0.25, -0.2) is 0 Å². The molecule has 1 aromatic rings. The van der Waals surface area contributed by atoms with Crippen LogP contribution >= 0.6 is 11.8 Å². The van der Waals surface area contributed by atoms with Crippen LogP contribution in [0.15, 0.2) is 29.2 Å². The molecule has 17 heavy (non-hydrogen) atoms. The molecule has 3 heteroatoms. The summed E-state index contributed by atoms with van der Waals surface area (Å²) in [6, 6.07) is 7.85. The Bertz CT molecular complexity index is 344. The number of benzene rings is 1. The van der Waals surface area contributed by atoms with Crippen molar-refractivity contribution in [1.82, 2.24) is 0 Å². The lowest BCUT2D eigenvalue weighted by Gasteiger charge is -2.04. The number of unbranched alkanes of at least 4 members (excludes halogenated alkanes) is 1. The molecule has 0 bridgehead atoms. The highest BCUT2D eigenvalue weighted by molar-refractivity contribution is 8.03. The van der Waals surface area contributed by atoms with Gasteiger partial charge in [0.25, 0.3) is 0 Å². The van der Waals surface area contributed by atoms with Gasteiger partial charge in [0.05, 0.1) is 13.7 Å². The summed E-state index contributed by atoms with van der Waals surface area (Å²) in [7, 11) is 1.66. The first-order chi connectivity index (χ1) is 8.30. The third kappa shape index (κ3) is 5.29. The Hall–Kier alpha value is -0.930. The van der Waals surface area contributed by atoms with Gasteiger partial charge in [0.1, 0.15) is 5.75 Å². The third-order valence-corrected chi connectivity index (χ3v) is 3.50. The number of methoxy groups -OCH3 is 1. The molecule has 0 aliphatic rings. The average Bonchev–Trinajstić information content (AvgIpc) is 2.38. The molecule has 1 aromatic carbocycles. The number of aliphatic hydroxyl groups excluding tert-OH is 1. The van der Waals surface area contributed by atoms with E-state index in [1.807, 2.05) is 30.3 Å². The zero-order valence-electron chi connectivity index (χ0n) is 10.5. The lowest BCUT2D eigenvalue weighted by Crippen LogP contribution is -1.88. The summed E-state index contributed by atoms with van der Waals surface area (Å²) in [4.78, 5) is 1.02. The van der Waals surface area contributed by atoms with Crippen molar-refractivity contribution in [3.8, 4) is 5.75 Å². The molecule has 0 aliphatic carbocycles. The van der Waals surface area contributed by atoms with Gasteiger partial charge >= 0.3 is 0 Å². The van der Waals surface area contributed by atoms with Crippen molar-refractivity contribution in [3.63, 3.8) is 0 Å². The summed E-state index contributed by atoms with van der Waals surface area (Å²) in [6.45, 7) is 2.28. The maximum atomic E-state index is 9.27. The van der Waals surface area contributed by atoms with E-state index in [1.165, 1.54) is 12.8 Å². The van der Waals surface area contributed by atoms with Crippen LogP contribution in [0.2, 0.25) is 0 Å². The van der Waals surface area contributed by atoms with Crippen molar-refractivity contribution in [2.45, 2.75) is 19.8 Å². The summed E-state index contributed by atoms with van der Waals surface area (Å²) in [5.41, 5.74) is 1.10. The Morgan fingerprint density at radius 1 is 1.35 bits per heavy atom. The molecule has 0 spiro atoms. The van der Waals surface area contributed by atoms with E-state index in [0.29, 0.717) is 0 Å². The highest BCUT2D eigenvalue weighted by atomic mass is 32.2. The van der Waals surface area contributed by atoms with Crippen LogP contribution in [-0.2, 0) is 0 Å². The average molecular weight is 252 g/mol. The van der Waals surface area contributed by atoms with Crippen molar-refractivity contribution in [3.05, 3.63) is 34.7 Å². The molecule has 0 saturated carbocycles. The Balaban J connectivity index is 2.62. The van der Waals surface area contributed by atoms with E-state index >= 15 is 0 Å². The fourth-order valence-corrected chi connectivity index (χ4v) is 2.37. The summed E-state index contributed by atoms with van der Waals surface area (Å²) >= 11 is 1.73. The molecule has 0 aromatic heterocycles. The zero-order chi connectivity index (χ0) is 12.5. The highest BCUT2D eigenvalue weighted by Crippen LogP contribution is 2.21. The van der Waals surface area contributed by atoms with Gasteiger partial charge in [0.15, 0.2) is 0 Å². The van der Waals surface area contributed by atoms with Crippen LogP contribution in [0.3, 0.4) is 0 Å². The van der Waals surface area contributed by atoms with Crippen molar-refractivity contribution in [2.75, 3.05) is 19.5 Å². The van der Waals surface area contributed by atoms with E-state index in [2.05, 4.69) is 6.92 Å². The standard InChI is InChI=1S/C14H20O2S/c1-3-4-9-17-14(11-15)10-12-5-7-13(16-2)8-6-12/h5-8,10,15H,3-4,9,11H2,1-2H3/b14-10-. The smallest absolute Gasteiger partial charge is 0.118 e. The minimum atomic E-state index is 0.112. The molecule has 94 valence electrons. The first kappa shape index (κ1) is 14.1. The monoisotopic (exact) mass is 252 g/mol. The topological polar surface area (TPSA) is 29.5 Å². The first-order valence-corrected chi connectivity index (χ1v) is 6.87. The third-order valence-electron chi connectivity index (χ3n) is 2.38. The van der Waals surface area contributed by atoms with Gasteiger partial charge in [-0.3, -0.25) is 0 Å². The van der Waals surface area contributed by atoms with Crippen LogP contribution in [0, 0.1) is 0 Å². The van der Waals surface area contributed by atoms with Gasteiger partial charge in [-0.1, -0.05) is 25.5 Å². The molecule has 0 radical (unpaired) electrons. The van der Waals surface area contributed by atoms with E-state index in [-0.39, 0.29) is 6.61 Å². The molecular formula is C14H20O2S. The van der Waals surface area contributed by atoms with Crippen LogP contribution in [-0.4, -0.2) is 24.6 Å². The lowest BCUT2D eigenvalue weighted by atomic mass is 10.2. The SMILES string of the molecule is CCCCS/C(=C\c1ccc(OC)cc1)CO. The van der Waals surface area contributed by atoms with Gasteiger partial charge < -0.3 is 9.84 Å². The van der Waals surface area contributed by atoms with Gasteiger partial charge in [-0.2, -0.15) is 0 Å². The Kier molecular flexibility index (Phi) is 6.82. The predicted molar refractivity (Wildman–Crippen MR) is 75.4 cm³/mol. The van der Waals surface area contributed by atoms with E-state index < -0.39 is 0 Å². The number of thioether (sulfide) groups is 1. The van der Waals surface area contributed by atoms with E-state index in [9.17, 15) is 5.11 Å². The zero-order valence-corrected chi connectivity index (χ0v) is 11.3. The number of hydrogen-bond donors (Lipinski definition) is 1. The van der Waals surface area contributed by atoms with Gasteiger partial charge in [-0.05, 0) is 35.9 Å². The molecule has 1 N–H and O–H groups in total. The fourth-order valence-electron chi connectivity index (χ4n) is 1.37. The molecule has 0 amide bonds. The number of rotatable bonds is 7. The number of ether oxygens (including phenoxy) is 1. The summed E-state index contributed by atoms with van der Waals surface area (Å²) in [6.07, 6.45) is 4.40. The second-order valence-corrected chi connectivity index (χ2v) is 4.97. The van der Waals surface area contributed by atoms with Crippen LogP contribution in [0.1, 0.15) is 25.3 Å². The second kappa shape index (κ2) is 8.20. The van der Waals surface area contributed by atoms with Crippen LogP contribution < -0.4 is 4.74 Å². The molecule has 0 aliphatic heterocycles. The van der Waals surface area contributed by atoms with E-state index in [4.69, 9.17) is 4.74 Å². The first-order valence-electron chi connectivity index (χ1n) is 5.88. The normalized spacial score (nSPS) is 11.6. The summed E-state index contributed by atoms with van der Waals surface area (Å²) in [5, 5.41) is 9.27. The largest absolute Gasteiger partial charge is 0.497 e. The maximum Gasteiger partial charge on any atom is 0.118 e. The van der Waals surface area contributed by atoms with Crippen LogP contribution in [0.5, 0.6) is 5.75 Å². The number of aliphatic hydroxyl groups is 1.